The van der Waals surface area contributed by atoms with E-state index in [2.05, 4.69) is 15.6 Å². The number of carbonyl (C=O) groups is 1. The molecule has 1 aromatic heterocycles. The van der Waals surface area contributed by atoms with Crippen LogP contribution in [0.25, 0.3) is 11.1 Å². The van der Waals surface area contributed by atoms with Crippen LogP contribution in [0, 0.1) is 0 Å². The van der Waals surface area contributed by atoms with E-state index in [1.807, 2.05) is 46.8 Å². The van der Waals surface area contributed by atoms with Crippen molar-refractivity contribution in [2.24, 2.45) is 0 Å². The summed E-state index contributed by atoms with van der Waals surface area (Å²) in [6.07, 6.45) is -1.36. The fourth-order valence-electron chi connectivity index (χ4n) is 4.53. The van der Waals surface area contributed by atoms with Crippen molar-refractivity contribution in [3.8, 4) is 11.1 Å². The Bertz CT molecular complexity index is 1230. The van der Waals surface area contributed by atoms with Crippen LogP contribution in [0.4, 0.5) is 19.0 Å². The molecule has 3 aromatic rings. The van der Waals surface area contributed by atoms with Crippen LogP contribution in [-0.2, 0) is 24.0 Å². The third-order valence-corrected chi connectivity index (χ3v) is 8.06. The molecule has 1 unspecified atom stereocenters. The highest BCUT2D eigenvalue weighted by Crippen LogP contribution is 2.30. The normalized spacial score (nSPS) is 17.8. The first-order valence-corrected chi connectivity index (χ1v) is 12.9. The number of aromatic nitrogens is 1. The van der Waals surface area contributed by atoms with E-state index in [-0.39, 0.29) is 11.9 Å². The molecule has 1 amide bonds. The number of hydrogen-bond acceptors (Lipinski definition) is 5. The van der Waals surface area contributed by atoms with E-state index >= 15 is 0 Å². The van der Waals surface area contributed by atoms with Crippen molar-refractivity contribution >= 4 is 23.1 Å². The second-order valence-electron chi connectivity index (χ2n) is 8.93. The predicted octanol–water partition coefficient (Wildman–Crippen LogP) is 4.65. The molecule has 1 saturated heterocycles. The van der Waals surface area contributed by atoms with Crippen molar-refractivity contribution in [1.82, 2.24) is 14.6 Å². The van der Waals surface area contributed by atoms with Crippen molar-refractivity contribution < 1.29 is 22.5 Å². The second kappa shape index (κ2) is 10.1. The van der Waals surface area contributed by atoms with Gasteiger partial charge in [-0.1, -0.05) is 12.1 Å². The first kappa shape index (κ1) is 24.6. The Labute approximate surface area is 210 Å². The molecule has 1 atom stereocenters. The van der Waals surface area contributed by atoms with Crippen LogP contribution < -0.4 is 10.6 Å². The third kappa shape index (κ3) is 5.35. The van der Waals surface area contributed by atoms with E-state index in [0.717, 1.165) is 35.4 Å². The minimum atomic E-state index is -4.41. The molecule has 2 aliphatic heterocycles. The number of piperidine rings is 1. The smallest absolute Gasteiger partial charge is 0.417 e. The fraction of sp³-hybridized carbons (Fsp3) is 0.308. The van der Waals surface area contributed by atoms with E-state index in [4.69, 9.17) is 0 Å². The summed E-state index contributed by atoms with van der Waals surface area (Å²) >= 11 is -1.32. The number of rotatable bonds is 5. The first-order valence-electron chi connectivity index (χ1n) is 11.8. The molecule has 2 aromatic carbocycles. The molecule has 36 heavy (non-hydrogen) atoms. The third-order valence-electron chi connectivity index (χ3n) is 6.55. The summed E-state index contributed by atoms with van der Waals surface area (Å²) in [5, 5.41) is 6.04. The number of carbonyl (C=O) groups excluding carboxylic acids is 1. The second-order valence-corrected chi connectivity index (χ2v) is 10.4. The van der Waals surface area contributed by atoms with E-state index in [1.54, 1.807) is 0 Å². The average molecular weight is 515 g/mol. The van der Waals surface area contributed by atoms with Gasteiger partial charge < -0.3 is 15.2 Å². The van der Waals surface area contributed by atoms with Gasteiger partial charge >= 0.3 is 6.18 Å². The van der Waals surface area contributed by atoms with Crippen LogP contribution in [0.5, 0.6) is 0 Å². The van der Waals surface area contributed by atoms with Crippen LogP contribution in [0.15, 0.2) is 65.7 Å². The van der Waals surface area contributed by atoms with Gasteiger partial charge in [-0.3, -0.25) is 4.79 Å². The summed E-state index contributed by atoms with van der Waals surface area (Å²) in [7, 11) is 0. The van der Waals surface area contributed by atoms with Gasteiger partial charge in [0.2, 0.25) is 0 Å². The molecule has 0 bridgehead atoms. The molecule has 6 nitrogen and oxygen atoms in total. The van der Waals surface area contributed by atoms with Crippen molar-refractivity contribution in [2.45, 2.75) is 36.4 Å². The molecule has 0 saturated carbocycles. The molecule has 1 fully saturated rings. The van der Waals surface area contributed by atoms with Gasteiger partial charge in [0.15, 0.2) is 4.90 Å². The Hall–Kier alpha value is -3.08. The number of benzene rings is 2. The number of fused-ring (bicyclic) bond motifs is 1. The zero-order valence-corrected chi connectivity index (χ0v) is 20.2. The monoisotopic (exact) mass is 514 g/mol. The van der Waals surface area contributed by atoms with Crippen molar-refractivity contribution in [2.75, 3.05) is 25.0 Å². The van der Waals surface area contributed by atoms with Gasteiger partial charge in [0.25, 0.3) is 5.91 Å². The maximum atomic E-state index is 13.1. The standard InChI is InChI=1S/C26H25F3N4O2S/c27-26(28,29)20-5-8-24(31-16-20)32-21-10-13-33(14-11-21)36(35)22-6-3-17(4-7-22)19-2-1-18-9-12-30-25(34)23(18)15-19/h1-8,15-16,21H,9-14H2,(H,30,34)(H,31,32). The zero-order valence-electron chi connectivity index (χ0n) is 19.3. The van der Waals surface area contributed by atoms with Crippen molar-refractivity contribution in [3.63, 3.8) is 0 Å². The lowest BCUT2D eigenvalue weighted by Crippen LogP contribution is -2.42. The average Bonchev–Trinajstić information content (AvgIpc) is 2.89. The topological polar surface area (TPSA) is 80.3 Å². The van der Waals surface area contributed by atoms with Gasteiger partial charge in [0, 0.05) is 37.4 Å². The Kier molecular flexibility index (Phi) is 6.92. The Morgan fingerprint density at radius 2 is 1.75 bits per heavy atom. The Balaban J connectivity index is 1.17. The van der Waals surface area contributed by atoms with Crippen LogP contribution in [0.2, 0.25) is 0 Å². The quantitative estimate of drug-likeness (QED) is 0.485. The molecule has 5 rings (SSSR count). The molecule has 0 aliphatic carbocycles. The zero-order chi connectivity index (χ0) is 25.3. The number of nitrogens with one attached hydrogen (secondary N) is 2. The number of nitrogens with zero attached hydrogens (tertiary/aromatic N) is 2. The number of hydrogen-bond donors (Lipinski definition) is 2. The summed E-state index contributed by atoms with van der Waals surface area (Å²) in [5.41, 5.74) is 2.86. The highest BCUT2D eigenvalue weighted by atomic mass is 32.2. The highest BCUT2D eigenvalue weighted by molar-refractivity contribution is 7.89. The van der Waals surface area contributed by atoms with Gasteiger partial charge in [-0.15, -0.1) is 4.31 Å². The Morgan fingerprint density at radius 3 is 2.42 bits per heavy atom. The van der Waals surface area contributed by atoms with Gasteiger partial charge in [0.1, 0.15) is 5.82 Å². The maximum Gasteiger partial charge on any atom is 0.417 e. The fourth-order valence-corrected chi connectivity index (χ4v) is 5.74. The van der Waals surface area contributed by atoms with Gasteiger partial charge in [-0.25, -0.2) is 4.98 Å². The molecule has 2 N–H and O–H groups in total. The van der Waals surface area contributed by atoms with Crippen molar-refractivity contribution in [1.29, 1.82) is 0 Å². The SMILES string of the molecule is O=C1NCCc2ccc(-c3ccc([S+]([O-])N4CCC(Nc5ccc(C(F)(F)F)cn5)CC4)cc3)cc21. The largest absolute Gasteiger partial charge is 0.593 e. The maximum absolute atomic E-state index is 13.1. The Morgan fingerprint density at radius 1 is 1.03 bits per heavy atom. The lowest BCUT2D eigenvalue weighted by atomic mass is 9.95. The first-order chi connectivity index (χ1) is 17.3. The summed E-state index contributed by atoms with van der Waals surface area (Å²) in [6, 6.07) is 15.8. The lowest BCUT2D eigenvalue weighted by Gasteiger charge is -2.32. The number of anilines is 1. The highest BCUT2D eigenvalue weighted by Gasteiger charge is 2.31. The molecule has 2 aliphatic rings. The van der Waals surface area contributed by atoms with Crippen LogP contribution in [0.1, 0.15) is 34.3 Å². The molecule has 10 heteroatoms. The molecule has 0 spiro atoms. The number of pyridine rings is 1. The van der Waals surface area contributed by atoms with E-state index in [9.17, 15) is 22.5 Å². The van der Waals surface area contributed by atoms with Gasteiger partial charge in [0.05, 0.1) is 16.9 Å². The summed E-state index contributed by atoms with van der Waals surface area (Å²) < 4.78 is 53.2. The van der Waals surface area contributed by atoms with Crippen LogP contribution >= 0.6 is 0 Å². The van der Waals surface area contributed by atoms with Gasteiger partial charge in [-0.05, 0) is 78.4 Å². The summed E-state index contributed by atoms with van der Waals surface area (Å²) in [4.78, 5) is 16.7. The molecule has 3 heterocycles. The van der Waals surface area contributed by atoms with E-state index in [0.29, 0.717) is 48.8 Å². The molecule has 188 valence electrons. The lowest BCUT2D eigenvalue weighted by molar-refractivity contribution is -0.137. The number of alkyl halides is 3. The summed E-state index contributed by atoms with van der Waals surface area (Å²) in [5.74, 6) is 0.348. The molecule has 0 radical (unpaired) electrons. The van der Waals surface area contributed by atoms with Gasteiger partial charge in [-0.2, -0.15) is 13.2 Å². The van der Waals surface area contributed by atoms with E-state index < -0.39 is 23.1 Å². The number of amides is 1. The minimum absolute atomic E-state index is 0.0473. The predicted molar refractivity (Wildman–Crippen MR) is 132 cm³/mol. The number of halogens is 3. The van der Waals surface area contributed by atoms with Crippen LogP contribution in [-0.4, -0.2) is 45.4 Å². The minimum Gasteiger partial charge on any atom is -0.593 e. The van der Waals surface area contributed by atoms with Crippen molar-refractivity contribution in [3.05, 3.63) is 77.5 Å². The van der Waals surface area contributed by atoms with Crippen LogP contribution in [0.3, 0.4) is 0 Å². The molecular weight excluding hydrogens is 489 g/mol. The molecular formula is C26H25F3N4O2S. The van der Waals surface area contributed by atoms with E-state index in [1.165, 1.54) is 6.07 Å². The summed E-state index contributed by atoms with van der Waals surface area (Å²) in [6.45, 7) is 1.84.